The normalized spacial score (nSPS) is 12.8. The molecule has 0 aliphatic rings. The Hall–Kier alpha value is -3.23. The van der Waals surface area contributed by atoms with Gasteiger partial charge in [0, 0.05) is 42.8 Å². The number of nitrogens with two attached hydrogens (primary N) is 1. The summed E-state index contributed by atoms with van der Waals surface area (Å²) < 4.78 is 5.22. The molecule has 1 rings (SSSR count). The zero-order valence-electron chi connectivity index (χ0n) is 23.0. The quantitative estimate of drug-likeness (QED) is 0.221. The smallest absolute Gasteiger partial charge is 0.312 e. The SMILES string of the molecule is CC(C)C(=O)C[C@H](C(=O)C[C@@H](CCCNC(N)=O)C(=O)Nc1ccc(COC(=O)C(C)C)cc1)C(C)C. The van der Waals surface area contributed by atoms with Gasteiger partial charge in [-0.15, -0.1) is 0 Å². The average molecular weight is 518 g/mol. The zero-order chi connectivity index (χ0) is 28.1. The van der Waals surface area contributed by atoms with Gasteiger partial charge in [0.05, 0.1) is 5.92 Å². The molecule has 0 heterocycles. The molecule has 1 aromatic rings. The molecule has 0 aliphatic heterocycles. The van der Waals surface area contributed by atoms with Crippen molar-refractivity contribution in [2.24, 2.45) is 35.3 Å². The van der Waals surface area contributed by atoms with Gasteiger partial charge in [0.1, 0.15) is 18.2 Å². The molecule has 0 unspecified atom stereocenters. The van der Waals surface area contributed by atoms with Gasteiger partial charge in [0.2, 0.25) is 5.91 Å². The van der Waals surface area contributed by atoms with E-state index in [-0.39, 0.29) is 67.2 Å². The van der Waals surface area contributed by atoms with Crippen LogP contribution >= 0.6 is 0 Å². The second-order valence-corrected chi connectivity index (χ2v) is 10.4. The largest absolute Gasteiger partial charge is 0.461 e. The number of nitrogens with one attached hydrogen (secondary N) is 2. The van der Waals surface area contributed by atoms with E-state index in [1.54, 1.807) is 38.1 Å². The summed E-state index contributed by atoms with van der Waals surface area (Å²) in [6, 6.07) is 6.28. The van der Waals surface area contributed by atoms with E-state index in [9.17, 15) is 24.0 Å². The average Bonchev–Trinajstić information content (AvgIpc) is 2.82. The highest BCUT2D eigenvalue weighted by atomic mass is 16.5. The van der Waals surface area contributed by atoms with Gasteiger partial charge in [-0.2, -0.15) is 0 Å². The van der Waals surface area contributed by atoms with E-state index >= 15 is 0 Å². The van der Waals surface area contributed by atoms with Crippen LogP contribution < -0.4 is 16.4 Å². The molecule has 9 heteroatoms. The lowest BCUT2D eigenvalue weighted by molar-refractivity contribution is -0.148. The van der Waals surface area contributed by atoms with E-state index in [0.29, 0.717) is 18.5 Å². The van der Waals surface area contributed by atoms with Crippen molar-refractivity contribution in [3.8, 4) is 0 Å². The Balaban J connectivity index is 2.91. The van der Waals surface area contributed by atoms with E-state index < -0.39 is 17.9 Å². The highest BCUT2D eigenvalue weighted by Gasteiger charge is 2.30. The van der Waals surface area contributed by atoms with E-state index in [1.807, 2.05) is 27.7 Å². The Morgan fingerprint density at radius 3 is 2.00 bits per heavy atom. The van der Waals surface area contributed by atoms with Crippen molar-refractivity contribution in [3.63, 3.8) is 0 Å². The van der Waals surface area contributed by atoms with Gasteiger partial charge in [0.25, 0.3) is 0 Å². The Morgan fingerprint density at radius 2 is 1.49 bits per heavy atom. The van der Waals surface area contributed by atoms with Gasteiger partial charge in [-0.05, 0) is 36.5 Å². The fourth-order valence-corrected chi connectivity index (χ4v) is 3.70. The maximum absolute atomic E-state index is 13.2. The number of primary amides is 1. The maximum Gasteiger partial charge on any atom is 0.312 e. The van der Waals surface area contributed by atoms with Crippen LogP contribution in [0.2, 0.25) is 0 Å². The van der Waals surface area contributed by atoms with Crippen molar-refractivity contribution < 1.29 is 28.7 Å². The maximum atomic E-state index is 13.2. The molecule has 0 saturated carbocycles. The molecule has 0 bridgehead atoms. The number of Topliss-reactive ketones (excluding diaryl/α,β-unsaturated/α-hetero) is 2. The number of carbonyl (C=O) groups excluding carboxylic acids is 5. The first-order chi connectivity index (χ1) is 17.3. The van der Waals surface area contributed by atoms with Gasteiger partial charge in [-0.3, -0.25) is 19.2 Å². The number of carbonyl (C=O) groups is 5. The topological polar surface area (TPSA) is 145 Å². The third-order valence-electron chi connectivity index (χ3n) is 6.20. The summed E-state index contributed by atoms with van der Waals surface area (Å²) in [5, 5.41) is 5.35. The first-order valence-electron chi connectivity index (χ1n) is 13.0. The summed E-state index contributed by atoms with van der Waals surface area (Å²) >= 11 is 0. The lowest BCUT2D eigenvalue weighted by Gasteiger charge is -2.23. The van der Waals surface area contributed by atoms with Crippen LogP contribution in [0.4, 0.5) is 10.5 Å². The Morgan fingerprint density at radius 1 is 0.865 bits per heavy atom. The predicted molar refractivity (Wildman–Crippen MR) is 142 cm³/mol. The molecule has 4 N–H and O–H groups in total. The summed E-state index contributed by atoms with van der Waals surface area (Å²) in [4.78, 5) is 61.3. The number of rotatable bonds is 16. The van der Waals surface area contributed by atoms with Crippen molar-refractivity contribution >= 4 is 35.2 Å². The molecule has 0 spiro atoms. The van der Waals surface area contributed by atoms with Crippen molar-refractivity contribution in [1.29, 1.82) is 0 Å². The summed E-state index contributed by atoms with van der Waals surface area (Å²) in [5.41, 5.74) is 6.45. The minimum Gasteiger partial charge on any atom is -0.461 e. The van der Waals surface area contributed by atoms with Crippen LogP contribution in [-0.2, 0) is 30.5 Å². The van der Waals surface area contributed by atoms with Crippen LogP contribution in [0.1, 0.15) is 72.8 Å². The molecule has 0 aromatic heterocycles. The highest BCUT2D eigenvalue weighted by molar-refractivity contribution is 5.96. The van der Waals surface area contributed by atoms with Crippen molar-refractivity contribution in [2.75, 3.05) is 11.9 Å². The van der Waals surface area contributed by atoms with Crippen LogP contribution in [0.15, 0.2) is 24.3 Å². The third kappa shape index (κ3) is 12.0. The van der Waals surface area contributed by atoms with Gasteiger partial charge in [-0.1, -0.05) is 53.7 Å². The van der Waals surface area contributed by atoms with Gasteiger partial charge in [0.15, 0.2) is 0 Å². The van der Waals surface area contributed by atoms with Crippen LogP contribution in [0.25, 0.3) is 0 Å². The molecule has 0 fully saturated rings. The number of ether oxygens (including phenoxy) is 1. The van der Waals surface area contributed by atoms with E-state index in [0.717, 1.165) is 5.56 Å². The van der Waals surface area contributed by atoms with Crippen molar-refractivity contribution in [1.82, 2.24) is 5.32 Å². The van der Waals surface area contributed by atoms with Gasteiger partial charge in [-0.25, -0.2) is 4.79 Å². The monoisotopic (exact) mass is 517 g/mol. The van der Waals surface area contributed by atoms with Crippen molar-refractivity contribution in [3.05, 3.63) is 29.8 Å². The zero-order valence-corrected chi connectivity index (χ0v) is 23.0. The molecule has 0 radical (unpaired) electrons. The fraction of sp³-hybridized carbons (Fsp3) is 0.607. The number of hydrogen-bond acceptors (Lipinski definition) is 6. The minimum atomic E-state index is -0.650. The second-order valence-electron chi connectivity index (χ2n) is 10.4. The third-order valence-corrected chi connectivity index (χ3v) is 6.20. The van der Waals surface area contributed by atoms with Gasteiger partial charge < -0.3 is 21.1 Å². The molecule has 2 atom stereocenters. The standard InChI is InChI=1S/C28H43N3O6/c1-17(2)23(15-24(32)18(3)4)25(33)14-21(8-7-13-30-28(29)36)26(34)31-22-11-9-20(10-12-22)16-37-27(35)19(5)6/h9-12,17-19,21,23H,7-8,13-16H2,1-6H3,(H,31,34)(H3,29,30,36)/t21-,23+/m1/s1. The fourth-order valence-electron chi connectivity index (χ4n) is 3.70. The molecule has 37 heavy (non-hydrogen) atoms. The van der Waals surface area contributed by atoms with Crippen LogP contribution in [-0.4, -0.2) is 36.0 Å². The van der Waals surface area contributed by atoms with Crippen LogP contribution in [0.5, 0.6) is 0 Å². The molecular weight excluding hydrogens is 474 g/mol. The minimum absolute atomic E-state index is 0.000135. The number of anilines is 1. The van der Waals surface area contributed by atoms with E-state index in [1.165, 1.54) is 0 Å². The number of amides is 3. The molecular formula is C28H43N3O6. The molecule has 0 saturated heterocycles. The van der Waals surface area contributed by atoms with E-state index in [4.69, 9.17) is 10.5 Å². The Kier molecular flexibility index (Phi) is 13.6. The number of ketones is 2. The summed E-state index contributed by atoms with van der Waals surface area (Å²) in [5.74, 6) is -2.19. The Bertz CT molecular complexity index is 924. The molecule has 0 aliphatic carbocycles. The first kappa shape index (κ1) is 31.8. The van der Waals surface area contributed by atoms with Gasteiger partial charge >= 0.3 is 12.0 Å². The molecule has 1 aromatic carbocycles. The van der Waals surface area contributed by atoms with Crippen LogP contribution in [0, 0.1) is 29.6 Å². The number of esters is 1. The molecule has 9 nitrogen and oxygen atoms in total. The summed E-state index contributed by atoms with van der Waals surface area (Å²) in [7, 11) is 0. The summed E-state index contributed by atoms with van der Waals surface area (Å²) in [6.07, 6.45) is 0.990. The molecule has 206 valence electrons. The number of hydrogen-bond donors (Lipinski definition) is 3. The lowest BCUT2D eigenvalue weighted by atomic mass is 9.81. The van der Waals surface area contributed by atoms with Crippen molar-refractivity contribution in [2.45, 2.75) is 73.8 Å². The van der Waals surface area contributed by atoms with Crippen LogP contribution in [0.3, 0.4) is 0 Å². The first-order valence-corrected chi connectivity index (χ1v) is 13.0. The Labute approximate surface area is 220 Å². The predicted octanol–water partition coefficient (Wildman–Crippen LogP) is 4.24. The number of urea groups is 1. The van der Waals surface area contributed by atoms with E-state index in [2.05, 4.69) is 10.6 Å². The number of benzene rings is 1. The molecule has 3 amide bonds. The second kappa shape index (κ2) is 15.8. The summed E-state index contributed by atoms with van der Waals surface area (Å²) in [6.45, 7) is 11.4. The highest BCUT2D eigenvalue weighted by Crippen LogP contribution is 2.25. The lowest BCUT2D eigenvalue weighted by Crippen LogP contribution is -2.33.